The van der Waals surface area contributed by atoms with Crippen molar-refractivity contribution >= 4 is 34.0 Å². The molecule has 0 aliphatic carbocycles. The fraction of sp³-hybridized carbons (Fsp3) is 0.0526. The van der Waals surface area contributed by atoms with Crippen LogP contribution in [0.2, 0.25) is 5.02 Å². The normalized spacial score (nSPS) is 10.9. The number of fused-ring (bicyclic) bond motifs is 1. The standard InChI is InChI=1S/C19H14ClFN4O2/c1-27-19-16(24-15-5-7-23-17-11(15)4-6-22-17)9-12(18(26)25-19)10-2-3-14(21)13(20)8-10/h2-9H,1H3,(H,25,26)(H2,22,23,24). The number of ether oxygens (including phenoxy) is 1. The number of H-pyrrole nitrogens is 2. The van der Waals surface area contributed by atoms with Gasteiger partial charge in [-0.1, -0.05) is 17.7 Å². The van der Waals surface area contributed by atoms with Gasteiger partial charge >= 0.3 is 0 Å². The van der Waals surface area contributed by atoms with Crippen molar-refractivity contribution in [2.45, 2.75) is 0 Å². The highest BCUT2D eigenvalue weighted by molar-refractivity contribution is 6.31. The molecule has 136 valence electrons. The molecule has 3 N–H and O–H groups in total. The first-order chi connectivity index (χ1) is 13.1. The molecule has 0 aliphatic heterocycles. The zero-order chi connectivity index (χ0) is 19.0. The van der Waals surface area contributed by atoms with Crippen LogP contribution in [0.5, 0.6) is 5.88 Å². The number of nitrogens with zero attached hydrogens (tertiary/aromatic N) is 1. The molecule has 8 heteroatoms. The van der Waals surface area contributed by atoms with Gasteiger partial charge < -0.3 is 15.0 Å². The molecule has 0 saturated heterocycles. The molecule has 3 heterocycles. The number of methoxy groups -OCH3 is 1. The second-order valence-corrected chi connectivity index (χ2v) is 6.22. The predicted octanol–water partition coefficient (Wildman–Crippen LogP) is 4.46. The fourth-order valence-corrected chi connectivity index (χ4v) is 3.04. The van der Waals surface area contributed by atoms with Crippen LogP contribution in [0.15, 0.2) is 53.6 Å². The van der Waals surface area contributed by atoms with E-state index in [2.05, 4.69) is 20.3 Å². The quantitative estimate of drug-likeness (QED) is 0.485. The number of halogens is 2. The number of rotatable bonds is 4. The van der Waals surface area contributed by atoms with E-state index in [0.717, 1.165) is 16.7 Å². The largest absolute Gasteiger partial charge is 0.481 e. The Morgan fingerprint density at radius 3 is 2.81 bits per heavy atom. The van der Waals surface area contributed by atoms with E-state index in [1.165, 1.54) is 25.3 Å². The summed E-state index contributed by atoms with van der Waals surface area (Å²) in [4.78, 5) is 22.4. The molecule has 4 aromatic rings. The van der Waals surface area contributed by atoms with E-state index in [9.17, 15) is 9.18 Å². The summed E-state index contributed by atoms with van der Waals surface area (Å²) >= 11 is 5.86. The summed E-state index contributed by atoms with van der Waals surface area (Å²) in [6.45, 7) is 0. The molecule has 0 bridgehead atoms. The van der Waals surface area contributed by atoms with E-state index in [1.807, 2.05) is 12.1 Å². The topological polar surface area (TPSA) is 82.8 Å². The molecule has 0 saturated carbocycles. The van der Waals surface area contributed by atoms with Crippen molar-refractivity contribution in [1.29, 1.82) is 0 Å². The minimum Gasteiger partial charge on any atom is -0.481 e. The van der Waals surface area contributed by atoms with Gasteiger partial charge in [-0.25, -0.2) is 9.37 Å². The molecule has 0 atom stereocenters. The van der Waals surface area contributed by atoms with Gasteiger partial charge in [-0.3, -0.25) is 9.78 Å². The van der Waals surface area contributed by atoms with Crippen molar-refractivity contribution in [2.24, 2.45) is 0 Å². The number of nitrogens with one attached hydrogen (secondary N) is 3. The lowest BCUT2D eigenvalue weighted by molar-refractivity contribution is 0.399. The number of hydrogen-bond donors (Lipinski definition) is 3. The van der Waals surface area contributed by atoms with Gasteiger partial charge in [0.05, 0.1) is 17.8 Å². The van der Waals surface area contributed by atoms with Crippen LogP contribution < -0.4 is 15.6 Å². The van der Waals surface area contributed by atoms with Gasteiger partial charge in [-0.05, 0) is 35.9 Å². The molecule has 6 nitrogen and oxygen atoms in total. The summed E-state index contributed by atoms with van der Waals surface area (Å²) in [5.74, 6) is -0.271. The van der Waals surface area contributed by atoms with E-state index in [4.69, 9.17) is 16.3 Å². The van der Waals surface area contributed by atoms with E-state index >= 15 is 0 Å². The van der Waals surface area contributed by atoms with Gasteiger partial charge in [0.15, 0.2) is 0 Å². The van der Waals surface area contributed by atoms with Gasteiger partial charge in [0, 0.05) is 23.3 Å². The van der Waals surface area contributed by atoms with Crippen molar-refractivity contribution in [3.8, 4) is 17.0 Å². The third-order valence-electron chi connectivity index (χ3n) is 4.17. The second kappa shape index (κ2) is 6.77. The Morgan fingerprint density at radius 2 is 2.04 bits per heavy atom. The van der Waals surface area contributed by atoms with Crippen LogP contribution in [0.3, 0.4) is 0 Å². The maximum absolute atomic E-state index is 13.5. The number of aromatic nitrogens is 3. The molecule has 4 rings (SSSR count). The van der Waals surface area contributed by atoms with Crippen molar-refractivity contribution in [3.63, 3.8) is 0 Å². The Bertz CT molecular complexity index is 1200. The molecule has 0 fully saturated rings. The summed E-state index contributed by atoms with van der Waals surface area (Å²) in [5.41, 5.74) is 2.51. The fourth-order valence-electron chi connectivity index (χ4n) is 2.86. The van der Waals surface area contributed by atoms with Gasteiger partial charge in [-0.2, -0.15) is 0 Å². The predicted molar refractivity (Wildman–Crippen MR) is 103 cm³/mol. The maximum atomic E-state index is 13.5. The Kier molecular flexibility index (Phi) is 4.29. The Hall–Kier alpha value is -3.32. The zero-order valence-corrected chi connectivity index (χ0v) is 14.9. The summed E-state index contributed by atoms with van der Waals surface area (Å²) in [5, 5.41) is 4.08. The van der Waals surface area contributed by atoms with Crippen LogP contribution >= 0.6 is 11.6 Å². The smallest absolute Gasteiger partial charge is 0.258 e. The lowest BCUT2D eigenvalue weighted by atomic mass is 10.1. The first-order valence-electron chi connectivity index (χ1n) is 8.02. The zero-order valence-electron chi connectivity index (χ0n) is 14.1. The Morgan fingerprint density at radius 1 is 1.19 bits per heavy atom. The lowest BCUT2D eigenvalue weighted by Gasteiger charge is -2.13. The molecular weight excluding hydrogens is 371 g/mol. The number of aromatic amines is 2. The highest BCUT2D eigenvalue weighted by Crippen LogP contribution is 2.32. The molecule has 27 heavy (non-hydrogen) atoms. The summed E-state index contributed by atoms with van der Waals surface area (Å²) < 4.78 is 18.8. The van der Waals surface area contributed by atoms with Crippen LogP contribution in [0.4, 0.5) is 15.8 Å². The average molecular weight is 385 g/mol. The van der Waals surface area contributed by atoms with Crippen LogP contribution in [0.25, 0.3) is 22.2 Å². The molecule has 0 unspecified atom stereocenters. The van der Waals surface area contributed by atoms with Gasteiger partial charge in [0.1, 0.15) is 17.2 Å². The van der Waals surface area contributed by atoms with Crippen LogP contribution in [0, 0.1) is 5.82 Å². The van der Waals surface area contributed by atoms with E-state index < -0.39 is 5.82 Å². The van der Waals surface area contributed by atoms with Crippen molar-refractivity contribution in [3.05, 3.63) is 70.0 Å². The third-order valence-corrected chi connectivity index (χ3v) is 4.46. The number of pyridine rings is 2. The number of hydrogen-bond acceptors (Lipinski definition) is 4. The molecule has 3 aromatic heterocycles. The first kappa shape index (κ1) is 17.1. The average Bonchev–Trinajstić information content (AvgIpc) is 3.15. The molecule has 0 spiro atoms. The molecule has 0 aliphatic rings. The minimum absolute atomic E-state index is 0.0552. The molecule has 0 amide bonds. The molecule has 0 radical (unpaired) electrons. The maximum Gasteiger partial charge on any atom is 0.258 e. The van der Waals surface area contributed by atoms with Gasteiger partial charge in [-0.15, -0.1) is 0 Å². The van der Waals surface area contributed by atoms with Crippen molar-refractivity contribution in [2.75, 3.05) is 12.4 Å². The second-order valence-electron chi connectivity index (χ2n) is 5.81. The number of benzene rings is 1. The van der Waals surface area contributed by atoms with Crippen LogP contribution in [0.1, 0.15) is 0 Å². The Balaban J connectivity index is 1.83. The van der Waals surface area contributed by atoms with Crippen molar-refractivity contribution in [1.82, 2.24) is 15.0 Å². The van der Waals surface area contributed by atoms with Crippen LogP contribution in [-0.2, 0) is 0 Å². The van der Waals surface area contributed by atoms with Crippen molar-refractivity contribution < 1.29 is 9.13 Å². The van der Waals surface area contributed by atoms with E-state index in [1.54, 1.807) is 18.5 Å². The van der Waals surface area contributed by atoms with E-state index in [0.29, 0.717) is 16.8 Å². The third kappa shape index (κ3) is 3.13. The SMILES string of the molecule is COc1[nH]c(=O)c(-c2ccc(F)c(Cl)c2)cc1Nc1ccnc2[nH]ccc12. The van der Waals surface area contributed by atoms with E-state index in [-0.39, 0.29) is 16.5 Å². The lowest BCUT2D eigenvalue weighted by Crippen LogP contribution is -2.12. The Labute approximate surface area is 158 Å². The number of anilines is 2. The minimum atomic E-state index is -0.546. The summed E-state index contributed by atoms with van der Waals surface area (Å²) in [6, 6.07) is 9.48. The molecular formula is C19H14ClFN4O2. The summed E-state index contributed by atoms with van der Waals surface area (Å²) in [7, 11) is 1.46. The first-order valence-corrected chi connectivity index (χ1v) is 8.40. The van der Waals surface area contributed by atoms with Crippen LogP contribution in [-0.4, -0.2) is 22.1 Å². The highest BCUT2D eigenvalue weighted by atomic mass is 35.5. The highest BCUT2D eigenvalue weighted by Gasteiger charge is 2.14. The van der Waals surface area contributed by atoms with Gasteiger partial charge in [0.2, 0.25) is 5.88 Å². The molecule has 1 aromatic carbocycles. The summed E-state index contributed by atoms with van der Waals surface area (Å²) in [6.07, 6.45) is 3.46. The monoisotopic (exact) mass is 384 g/mol. The van der Waals surface area contributed by atoms with Gasteiger partial charge in [0.25, 0.3) is 5.56 Å².